The highest BCUT2D eigenvalue weighted by Crippen LogP contribution is 2.39. The maximum atomic E-state index is 12.8. The molecular formula is C20H26N2O2. The van der Waals surface area contributed by atoms with Crippen molar-refractivity contribution in [1.29, 1.82) is 0 Å². The third kappa shape index (κ3) is 3.47. The number of piperidine rings is 1. The van der Waals surface area contributed by atoms with E-state index in [4.69, 9.17) is 0 Å². The Bertz CT molecular complexity index is 607. The van der Waals surface area contributed by atoms with Gasteiger partial charge in [-0.05, 0) is 50.0 Å². The van der Waals surface area contributed by atoms with Crippen LogP contribution in [0.3, 0.4) is 0 Å². The molecule has 4 rings (SSSR count). The standard InChI is InChI=1S/C20H26N2O2/c23-19(21-12-14-6-7-14)17-10-11-18(15-4-2-1-3-5-15)22(13-17)20(24)16-8-9-16/h1-5,14,16-18H,6-13H2,(H,21,23)/t17-,18-/m1/s1. The van der Waals surface area contributed by atoms with Crippen LogP contribution in [0.2, 0.25) is 0 Å². The first-order chi connectivity index (χ1) is 11.7. The first-order valence-corrected chi connectivity index (χ1v) is 9.35. The molecular weight excluding hydrogens is 300 g/mol. The summed E-state index contributed by atoms with van der Waals surface area (Å²) >= 11 is 0. The molecule has 1 aromatic rings. The first kappa shape index (κ1) is 15.7. The van der Waals surface area contributed by atoms with Gasteiger partial charge in [0.05, 0.1) is 12.0 Å². The van der Waals surface area contributed by atoms with Crippen LogP contribution < -0.4 is 5.32 Å². The molecule has 1 N–H and O–H groups in total. The molecule has 1 heterocycles. The van der Waals surface area contributed by atoms with Crippen molar-refractivity contribution in [2.24, 2.45) is 17.8 Å². The number of amides is 2. The number of rotatable bonds is 5. The average molecular weight is 326 g/mol. The van der Waals surface area contributed by atoms with Gasteiger partial charge in [0, 0.05) is 19.0 Å². The molecule has 2 atom stereocenters. The molecule has 0 radical (unpaired) electrons. The zero-order valence-corrected chi connectivity index (χ0v) is 14.1. The minimum Gasteiger partial charge on any atom is -0.356 e. The predicted molar refractivity (Wildman–Crippen MR) is 92.1 cm³/mol. The van der Waals surface area contributed by atoms with Crippen molar-refractivity contribution in [2.45, 2.75) is 44.6 Å². The molecule has 3 aliphatic rings. The molecule has 4 heteroatoms. The Morgan fingerprint density at radius 2 is 1.67 bits per heavy atom. The van der Waals surface area contributed by atoms with Gasteiger partial charge in [-0.15, -0.1) is 0 Å². The number of hydrogen-bond donors (Lipinski definition) is 1. The fourth-order valence-electron chi connectivity index (χ4n) is 3.73. The van der Waals surface area contributed by atoms with Crippen LogP contribution in [0.5, 0.6) is 0 Å². The number of likely N-dealkylation sites (tertiary alicyclic amines) is 1. The summed E-state index contributed by atoms with van der Waals surface area (Å²) in [6.45, 7) is 1.39. The van der Waals surface area contributed by atoms with Crippen molar-refractivity contribution in [3.8, 4) is 0 Å². The van der Waals surface area contributed by atoms with Crippen LogP contribution in [-0.4, -0.2) is 29.8 Å². The summed E-state index contributed by atoms with van der Waals surface area (Å²) in [7, 11) is 0. The van der Waals surface area contributed by atoms with Gasteiger partial charge < -0.3 is 10.2 Å². The van der Waals surface area contributed by atoms with E-state index in [0.717, 1.165) is 32.2 Å². The number of carbonyl (C=O) groups excluding carboxylic acids is 2. The lowest BCUT2D eigenvalue weighted by Crippen LogP contribution is -2.47. The first-order valence-electron chi connectivity index (χ1n) is 9.35. The normalized spacial score (nSPS) is 26.9. The van der Waals surface area contributed by atoms with Gasteiger partial charge >= 0.3 is 0 Å². The van der Waals surface area contributed by atoms with Crippen LogP contribution in [-0.2, 0) is 9.59 Å². The van der Waals surface area contributed by atoms with Crippen molar-refractivity contribution in [3.05, 3.63) is 35.9 Å². The van der Waals surface area contributed by atoms with E-state index in [9.17, 15) is 9.59 Å². The van der Waals surface area contributed by atoms with Gasteiger partial charge in [-0.2, -0.15) is 0 Å². The number of benzene rings is 1. The molecule has 1 aromatic carbocycles. The summed E-state index contributed by atoms with van der Waals surface area (Å²) in [6, 6.07) is 10.4. The monoisotopic (exact) mass is 326 g/mol. The highest BCUT2D eigenvalue weighted by Gasteiger charge is 2.41. The molecule has 0 spiro atoms. The lowest BCUT2D eigenvalue weighted by Gasteiger charge is -2.39. The number of carbonyl (C=O) groups is 2. The van der Waals surface area contributed by atoms with E-state index in [1.807, 2.05) is 23.1 Å². The van der Waals surface area contributed by atoms with E-state index in [1.54, 1.807) is 0 Å². The van der Waals surface area contributed by atoms with Crippen molar-refractivity contribution < 1.29 is 9.59 Å². The molecule has 2 aliphatic carbocycles. The van der Waals surface area contributed by atoms with E-state index in [1.165, 1.54) is 18.4 Å². The quantitative estimate of drug-likeness (QED) is 0.904. The van der Waals surface area contributed by atoms with Crippen LogP contribution in [0.25, 0.3) is 0 Å². The van der Waals surface area contributed by atoms with Crippen LogP contribution in [0.15, 0.2) is 30.3 Å². The molecule has 0 unspecified atom stereocenters. The summed E-state index contributed by atoms with van der Waals surface area (Å²) in [5.41, 5.74) is 1.20. The van der Waals surface area contributed by atoms with E-state index >= 15 is 0 Å². The summed E-state index contributed by atoms with van der Waals surface area (Å²) in [6.07, 6.45) is 6.25. The Balaban J connectivity index is 1.46. The minimum absolute atomic E-state index is 0.0496. The van der Waals surface area contributed by atoms with Gasteiger partial charge in [-0.1, -0.05) is 30.3 Å². The maximum Gasteiger partial charge on any atom is 0.226 e. The average Bonchev–Trinajstić information content (AvgIpc) is 3.52. The second-order valence-electron chi connectivity index (χ2n) is 7.65. The maximum absolute atomic E-state index is 12.8. The second-order valence-corrected chi connectivity index (χ2v) is 7.65. The molecule has 4 nitrogen and oxygen atoms in total. The molecule has 2 amide bonds. The fourth-order valence-corrected chi connectivity index (χ4v) is 3.73. The zero-order chi connectivity index (χ0) is 16.5. The summed E-state index contributed by atoms with van der Waals surface area (Å²) in [5, 5.41) is 3.10. The third-order valence-electron chi connectivity index (χ3n) is 5.61. The largest absolute Gasteiger partial charge is 0.356 e. The molecule has 24 heavy (non-hydrogen) atoms. The SMILES string of the molecule is O=C(NCC1CC1)[C@@H]1CC[C@H](c2ccccc2)N(C(=O)C2CC2)C1. The van der Waals surface area contributed by atoms with E-state index < -0.39 is 0 Å². The Morgan fingerprint density at radius 3 is 2.33 bits per heavy atom. The molecule has 0 aromatic heterocycles. The summed E-state index contributed by atoms with van der Waals surface area (Å²) < 4.78 is 0. The van der Waals surface area contributed by atoms with Crippen LogP contribution >= 0.6 is 0 Å². The van der Waals surface area contributed by atoms with Crippen LogP contribution in [0.1, 0.15) is 50.1 Å². The zero-order valence-electron chi connectivity index (χ0n) is 14.1. The van der Waals surface area contributed by atoms with Gasteiger partial charge in [0.1, 0.15) is 0 Å². The topological polar surface area (TPSA) is 49.4 Å². The highest BCUT2D eigenvalue weighted by atomic mass is 16.2. The lowest BCUT2D eigenvalue weighted by atomic mass is 9.88. The Hall–Kier alpha value is -1.84. The second kappa shape index (κ2) is 6.58. The predicted octanol–water partition coefficient (Wildman–Crippen LogP) is 2.90. The Labute approximate surface area is 143 Å². The molecule has 2 saturated carbocycles. The number of hydrogen-bond acceptors (Lipinski definition) is 2. The minimum atomic E-state index is -0.0496. The van der Waals surface area contributed by atoms with Crippen LogP contribution in [0.4, 0.5) is 0 Å². The van der Waals surface area contributed by atoms with Crippen molar-refractivity contribution in [1.82, 2.24) is 10.2 Å². The Kier molecular flexibility index (Phi) is 4.30. The summed E-state index contributed by atoms with van der Waals surface area (Å²) in [5.74, 6) is 1.24. The molecule has 128 valence electrons. The fraction of sp³-hybridized carbons (Fsp3) is 0.600. The van der Waals surface area contributed by atoms with Crippen LogP contribution in [0, 0.1) is 17.8 Å². The summed E-state index contributed by atoms with van der Waals surface area (Å²) in [4.78, 5) is 27.3. The van der Waals surface area contributed by atoms with Crippen molar-refractivity contribution in [2.75, 3.05) is 13.1 Å². The molecule has 1 saturated heterocycles. The number of nitrogens with zero attached hydrogens (tertiary/aromatic N) is 1. The van der Waals surface area contributed by atoms with Gasteiger partial charge in [-0.3, -0.25) is 9.59 Å². The van der Waals surface area contributed by atoms with E-state index in [-0.39, 0.29) is 29.7 Å². The van der Waals surface area contributed by atoms with Crippen molar-refractivity contribution in [3.63, 3.8) is 0 Å². The molecule has 3 fully saturated rings. The van der Waals surface area contributed by atoms with Gasteiger partial charge in [0.25, 0.3) is 0 Å². The van der Waals surface area contributed by atoms with E-state index in [0.29, 0.717) is 12.5 Å². The molecule has 0 bridgehead atoms. The number of nitrogens with one attached hydrogen (secondary N) is 1. The van der Waals surface area contributed by atoms with Gasteiger partial charge in [0.2, 0.25) is 11.8 Å². The molecule has 1 aliphatic heterocycles. The van der Waals surface area contributed by atoms with Crippen molar-refractivity contribution >= 4 is 11.8 Å². The lowest BCUT2D eigenvalue weighted by molar-refractivity contribution is -0.140. The van der Waals surface area contributed by atoms with Gasteiger partial charge in [-0.25, -0.2) is 0 Å². The van der Waals surface area contributed by atoms with E-state index in [2.05, 4.69) is 17.4 Å². The van der Waals surface area contributed by atoms with Gasteiger partial charge in [0.15, 0.2) is 0 Å². The Morgan fingerprint density at radius 1 is 0.958 bits per heavy atom. The highest BCUT2D eigenvalue weighted by molar-refractivity contribution is 5.84. The third-order valence-corrected chi connectivity index (χ3v) is 5.61. The smallest absolute Gasteiger partial charge is 0.226 e.